The summed E-state index contributed by atoms with van der Waals surface area (Å²) in [5.41, 5.74) is 6.94. The fourth-order valence-corrected chi connectivity index (χ4v) is 2.79. The lowest BCUT2D eigenvalue weighted by Gasteiger charge is -2.07. The van der Waals surface area contributed by atoms with Gasteiger partial charge in [0.1, 0.15) is 0 Å². The first-order valence-electron chi connectivity index (χ1n) is 7.91. The van der Waals surface area contributed by atoms with E-state index >= 15 is 0 Å². The van der Waals surface area contributed by atoms with Crippen molar-refractivity contribution in [1.82, 2.24) is 4.98 Å². The van der Waals surface area contributed by atoms with Gasteiger partial charge in [0.2, 0.25) is 0 Å². The zero-order valence-electron chi connectivity index (χ0n) is 13.8. The summed E-state index contributed by atoms with van der Waals surface area (Å²) in [6.07, 6.45) is 2.19. The Labute approximate surface area is 136 Å². The third-order valence-electron chi connectivity index (χ3n) is 4.25. The van der Waals surface area contributed by atoms with Crippen LogP contribution in [-0.4, -0.2) is 17.6 Å². The number of aromatic nitrogens is 1. The van der Waals surface area contributed by atoms with Crippen LogP contribution in [0.4, 0.5) is 0 Å². The van der Waals surface area contributed by atoms with E-state index in [1.165, 1.54) is 16.7 Å². The number of fused-ring (bicyclic) bond motifs is 1. The lowest BCUT2D eigenvalue weighted by molar-refractivity contribution is -0.142. The summed E-state index contributed by atoms with van der Waals surface area (Å²) in [4.78, 5) is 15.0. The maximum absolute atomic E-state index is 11.8. The molecule has 0 amide bonds. The summed E-state index contributed by atoms with van der Waals surface area (Å²) < 4.78 is 5.06. The SMILES string of the molecule is CCOC(=O)Cc1c[nH]c2ccc(-c3ccc(C)c(C)c3)cc12. The molecule has 1 aromatic heterocycles. The van der Waals surface area contributed by atoms with Crippen molar-refractivity contribution in [2.45, 2.75) is 27.2 Å². The third kappa shape index (κ3) is 3.14. The van der Waals surface area contributed by atoms with E-state index in [1.54, 1.807) is 0 Å². The van der Waals surface area contributed by atoms with E-state index in [0.717, 1.165) is 22.0 Å². The number of aromatic amines is 1. The molecule has 0 aliphatic carbocycles. The number of hydrogen-bond donors (Lipinski definition) is 1. The number of nitrogens with one attached hydrogen (secondary N) is 1. The van der Waals surface area contributed by atoms with Crippen LogP contribution >= 0.6 is 0 Å². The summed E-state index contributed by atoms with van der Waals surface area (Å²) in [6.45, 7) is 6.48. The molecule has 0 radical (unpaired) electrons. The number of aryl methyl sites for hydroxylation is 2. The minimum absolute atomic E-state index is 0.190. The molecule has 0 bridgehead atoms. The zero-order valence-corrected chi connectivity index (χ0v) is 13.8. The van der Waals surface area contributed by atoms with E-state index < -0.39 is 0 Å². The number of rotatable bonds is 4. The van der Waals surface area contributed by atoms with Gasteiger partial charge in [-0.2, -0.15) is 0 Å². The molecule has 3 aromatic rings. The van der Waals surface area contributed by atoms with Gasteiger partial charge >= 0.3 is 5.97 Å². The van der Waals surface area contributed by atoms with Crippen molar-refractivity contribution in [2.75, 3.05) is 6.61 Å². The van der Waals surface area contributed by atoms with Crippen LogP contribution in [0.25, 0.3) is 22.0 Å². The van der Waals surface area contributed by atoms with Crippen LogP contribution in [0.3, 0.4) is 0 Å². The number of hydrogen-bond acceptors (Lipinski definition) is 2. The molecule has 0 aliphatic rings. The Morgan fingerprint density at radius 2 is 1.78 bits per heavy atom. The highest BCUT2D eigenvalue weighted by atomic mass is 16.5. The molecule has 3 heteroatoms. The van der Waals surface area contributed by atoms with Crippen LogP contribution in [0, 0.1) is 13.8 Å². The molecule has 0 aliphatic heterocycles. The van der Waals surface area contributed by atoms with Crippen molar-refractivity contribution in [2.24, 2.45) is 0 Å². The lowest BCUT2D eigenvalue weighted by atomic mass is 9.98. The van der Waals surface area contributed by atoms with Crippen LogP contribution in [0.2, 0.25) is 0 Å². The van der Waals surface area contributed by atoms with E-state index in [0.29, 0.717) is 13.0 Å². The predicted molar refractivity (Wildman–Crippen MR) is 93.5 cm³/mol. The first-order valence-corrected chi connectivity index (χ1v) is 7.91. The molecule has 0 saturated heterocycles. The molecule has 23 heavy (non-hydrogen) atoms. The first kappa shape index (κ1) is 15.3. The van der Waals surface area contributed by atoms with E-state index in [-0.39, 0.29) is 5.97 Å². The highest BCUT2D eigenvalue weighted by molar-refractivity contribution is 5.90. The second-order valence-corrected chi connectivity index (χ2v) is 5.86. The van der Waals surface area contributed by atoms with Crippen molar-refractivity contribution in [3.63, 3.8) is 0 Å². The Balaban J connectivity index is 2.00. The molecule has 0 fully saturated rings. The monoisotopic (exact) mass is 307 g/mol. The molecule has 0 spiro atoms. The Morgan fingerprint density at radius 3 is 2.52 bits per heavy atom. The predicted octanol–water partition coefficient (Wildman–Crippen LogP) is 4.56. The molecule has 0 unspecified atom stereocenters. The summed E-state index contributed by atoms with van der Waals surface area (Å²) >= 11 is 0. The van der Waals surface area contributed by atoms with Gasteiger partial charge in [0.05, 0.1) is 13.0 Å². The number of H-pyrrole nitrogens is 1. The Hall–Kier alpha value is -2.55. The van der Waals surface area contributed by atoms with Crippen LogP contribution in [0.15, 0.2) is 42.6 Å². The van der Waals surface area contributed by atoms with Crippen molar-refractivity contribution in [3.8, 4) is 11.1 Å². The smallest absolute Gasteiger partial charge is 0.310 e. The molecular weight excluding hydrogens is 286 g/mol. The van der Waals surface area contributed by atoms with Gasteiger partial charge in [-0.15, -0.1) is 0 Å². The Bertz CT molecular complexity index is 861. The van der Waals surface area contributed by atoms with Gasteiger partial charge in [-0.25, -0.2) is 0 Å². The van der Waals surface area contributed by atoms with Gasteiger partial charge in [-0.3, -0.25) is 4.79 Å². The average Bonchev–Trinajstić information content (AvgIpc) is 2.92. The van der Waals surface area contributed by atoms with E-state index in [4.69, 9.17) is 4.74 Å². The standard InChI is InChI=1S/C20H21NO2/c1-4-23-20(22)11-17-12-21-19-8-7-16(10-18(17)19)15-6-5-13(2)14(3)9-15/h5-10,12,21H,4,11H2,1-3H3. The Morgan fingerprint density at radius 1 is 1.04 bits per heavy atom. The fourth-order valence-electron chi connectivity index (χ4n) is 2.79. The molecule has 1 N–H and O–H groups in total. The molecule has 0 saturated carbocycles. The van der Waals surface area contributed by atoms with E-state index in [9.17, 15) is 4.79 Å². The number of carbonyl (C=O) groups is 1. The number of benzene rings is 2. The average molecular weight is 307 g/mol. The first-order chi connectivity index (χ1) is 11.1. The summed E-state index contributed by atoms with van der Waals surface area (Å²) in [6, 6.07) is 12.8. The summed E-state index contributed by atoms with van der Waals surface area (Å²) in [7, 11) is 0. The van der Waals surface area contributed by atoms with Crippen LogP contribution < -0.4 is 0 Å². The number of carbonyl (C=O) groups excluding carboxylic acids is 1. The van der Waals surface area contributed by atoms with Gasteiger partial charge in [0.15, 0.2) is 0 Å². The molecular formula is C20H21NO2. The van der Waals surface area contributed by atoms with Gasteiger partial charge in [0.25, 0.3) is 0 Å². The maximum atomic E-state index is 11.8. The summed E-state index contributed by atoms with van der Waals surface area (Å²) in [5, 5.41) is 1.08. The van der Waals surface area contributed by atoms with Gasteiger partial charge < -0.3 is 9.72 Å². The highest BCUT2D eigenvalue weighted by Gasteiger charge is 2.11. The summed E-state index contributed by atoms with van der Waals surface area (Å²) in [5.74, 6) is -0.190. The van der Waals surface area contributed by atoms with E-state index in [1.807, 2.05) is 13.1 Å². The zero-order chi connectivity index (χ0) is 16.4. The van der Waals surface area contributed by atoms with Gasteiger partial charge in [-0.1, -0.05) is 24.3 Å². The quantitative estimate of drug-likeness (QED) is 0.718. The molecule has 3 rings (SSSR count). The number of esters is 1. The van der Waals surface area contributed by atoms with E-state index in [2.05, 4.69) is 55.2 Å². The largest absolute Gasteiger partial charge is 0.466 e. The minimum atomic E-state index is -0.190. The molecule has 118 valence electrons. The fraction of sp³-hybridized carbons (Fsp3) is 0.250. The van der Waals surface area contributed by atoms with Gasteiger partial charge in [0, 0.05) is 17.1 Å². The topological polar surface area (TPSA) is 42.1 Å². The molecule has 2 aromatic carbocycles. The highest BCUT2D eigenvalue weighted by Crippen LogP contribution is 2.28. The second-order valence-electron chi connectivity index (χ2n) is 5.86. The van der Waals surface area contributed by atoms with Crippen LogP contribution in [0.5, 0.6) is 0 Å². The molecule has 0 atom stereocenters. The van der Waals surface area contributed by atoms with Crippen molar-refractivity contribution in [3.05, 3.63) is 59.3 Å². The minimum Gasteiger partial charge on any atom is -0.466 e. The lowest BCUT2D eigenvalue weighted by Crippen LogP contribution is -2.06. The van der Waals surface area contributed by atoms with Crippen molar-refractivity contribution in [1.29, 1.82) is 0 Å². The van der Waals surface area contributed by atoms with Crippen LogP contribution in [0.1, 0.15) is 23.6 Å². The van der Waals surface area contributed by atoms with Crippen LogP contribution in [-0.2, 0) is 16.0 Å². The molecule has 3 nitrogen and oxygen atoms in total. The molecule has 1 heterocycles. The Kier molecular flexibility index (Phi) is 4.20. The third-order valence-corrected chi connectivity index (χ3v) is 4.25. The number of ether oxygens (including phenoxy) is 1. The van der Waals surface area contributed by atoms with Crippen molar-refractivity contribution < 1.29 is 9.53 Å². The maximum Gasteiger partial charge on any atom is 0.310 e. The van der Waals surface area contributed by atoms with Gasteiger partial charge in [-0.05, 0) is 60.7 Å². The normalized spacial score (nSPS) is 10.9. The second kappa shape index (κ2) is 6.29. The van der Waals surface area contributed by atoms with Crippen molar-refractivity contribution >= 4 is 16.9 Å².